The highest BCUT2D eigenvalue weighted by molar-refractivity contribution is 5.62. The summed E-state index contributed by atoms with van der Waals surface area (Å²) in [5, 5.41) is 0. The van der Waals surface area contributed by atoms with E-state index in [9.17, 15) is 26.3 Å². The molecule has 4 nitrogen and oxygen atoms in total. The Kier molecular flexibility index (Phi) is 5.90. The van der Waals surface area contributed by atoms with Gasteiger partial charge in [-0.2, -0.15) is 31.3 Å². The number of rotatable bonds is 5. The summed E-state index contributed by atoms with van der Waals surface area (Å²) in [6.07, 6.45) is -5.11. The van der Waals surface area contributed by atoms with E-state index in [0.717, 1.165) is 31.2 Å². The molecule has 1 fully saturated rings. The average molecular weight is 419 g/mol. The van der Waals surface area contributed by atoms with Gasteiger partial charge in [-0.1, -0.05) is 31.0 Å². The first-order chi connectivity index (χ1) is 13.6. The van der Waals surface area contributed by atoms with E-state index in [-0.39, 0.29) is 5.95 Å². The standard InChI is InChI=1S/C19H19F6N3O/c1-28(15-9-5-4-8-13(15)12-6-2-3-7-12)17-26-10-14(19(23,24)25)16(27-17)29-11-18(20,21)22/h4-5,8-10,12H,2-3,6-7,11H2,1H3. The van der Waals surface area contributed by atoms with Crippen LogP contribution in [0.5, 0.6) is 5.88 Å². The van der Waals surface area contributed by atoms with E-state index in [0.29, 0.717) is 17.8 Å². The molecule has 0 bridgehead atoms. The molecule has 0 atom stereocenters. The van der Waals surface area contributed by atoms with E-state index in [1.165, 1.54) is 4.90 Å². The highest BCUT2D eigenvalue weighted by Crippen LogP contribution is 2.41. The molecule has 1 aliphatic carbocycles. The highest BCUT2D eigenvalue weighted by atomic mass is 19.4. The molecule has 158 valence electrons. The lowest BCUT2D eigenvalue weighted by atomic mass is 9.95. The number of anilines is 2. The largest absolute Gasteiger partial charge is 0.467 e. The van der Waals surface area contributed by atoms with Crippen molar-refractivity contribution in [2.45, 2.75) is 44.0 Å². The summed E-state index contributed by atoms with van der Waals surface area (Å²) in [7, 11) is 1.56. The van der Waals surface area contributed by atoms with Crippen molar-refractivity contribution in [3.63, 3.8) is 0 Å². The second-order valence-corrected chi connectivity index (χ2v) is 6.89. The minimum atomic E-state index is -4.94. The van der Waals surface area contributed by atoms with Crippen LogP contribution in [0, 0.1) is 0 Å². The van der Waals surface area contributed by atoms with Gasteiger partial charge in [0.05, 0.1) is 0 Å². The summed E-state index contributed by atoms with van der Waals surface area (Å²) < 4.78 is 81.2. The maximum atomic E-state index is 13.1. The van der Waals surface area contributed by atoms with E-state index in [2.05, 4.69) is 14.7 Å². The molecule has 0 spiro atoms. The van der Waals surface area contributed by atoms with E-state index >= 15 is 0 Å². The fraction of sp³-hybridized carbons (Fsp3) is 0.474. The van der Waals surface area contributed by atoms with Crippen LogP contribution in [-0.4, -0.2) is 29.8 Å². The molecule has 0 saturated heterocycles. The van der Waals surface area contributed by atoms with Gasteiger partial charge in [0.25, 0.3) is 0 Å². The molecule has 0 amide bonds. The number of hydrogen-bond donors (Lipinski definition) is 0. The maximum Gasteiger partial charge on any atom is 0.423 e. The highest BCUT2D eigenvalue weighted by Gasteiger charge is 2.38. The molecule has 3 rings (SSSR count). The fourth-order valence-corrected chi connectivity index (χ4v) is 3.46. The molecule has 10 heteroatoms. The van der Waals surface area contributed by atoms with Gasteiger partial charge < -0.3 is 9.64 Å². The lowest BCUT2D eigenvalue weighted by Gasteiger charge is -2.24. The van der Waals surface area contributed by atoms with Gasteiger partial charge in [-0.3, -0.25) is 0 Å². The molecule has 1 saturated carbocycles. The smallest absolute Gasteiger partial charge is 0.423 e. The maximum absolute atomic E-state index is 13.1. The first-order valence-electron chi connectivity index (χ1n) is 9.02. The van der Waals surface area contributed by atoms with Crippen molar-refractivity contribution in [1.82, 2.24) is 9.97 Å². The molecule has 0 radical (unpaired) electrons. The zero-order chi connectivity index (χ0) is 21.2. The SMILES string of the molecule is CN(c1ncc(C(F)(F)F)c(OCC(F)(F)F)n1)c1ccccc1C1CCCC1. The van der Waals surface area contributed by atoms with Crippen LogP contribution in [0.3, 0.4) is 0 Å². The van der Waals surface area contributed by atoms with Crippen molar-refractivity contribution in [3.8, 4) is 5.88 Å². The second kappa shape index (κ2) is 8.08. The van der Waals surface area contributed by atoms with Gasteiger partial charge in [0.2, 0.25) is 11.8 Å². The van der Waals surface area contributed by atoms with Crippen molar-refractivity contribution in [3.05, 3.63) is 41.6 Å². The van der Waals surface area contributed by atoms with Gasteiger partial charge >= 0.3 is 12.4 Å². The van der Waals surface area contributed by atoms with Crippen LogP contribution in [0.4, 0.5) is 38.0 Å². The van der Waals surface area contributed by atoms with Crippen molar-refractivity contribution in [2.24, 2.45) is 0 Å². The number of alkyl halides is 6. The Morgan fingerprint density at radius 3 is 2.34 bits per heavy atom. The number of aromatic nitrogens is 2. The predicted molar refractivity (Wildman–Crippen MR) is 94.3 cm³/mol. The second-order valence-electron chi connectivity index (χ2n) is 6.89. The quantitative estimate of drug-likeness (QED) is 0.569. The molecule has 1 aromatic carbocycles. The molecule has 2 aromatic rings. The Balaban J connectivity index is 1.96. The zero-order valence-corrected chi connectivity index (χ0v) is 15.5. The van der Waals surface area contributed by atoms with Crippen LogP contribution < -0.4 is 9.64 Å². The Labute approximate surface area is 163 Å². The van der Waals surface area contributed by atoms with Gasteiger partial charge in [0.15, 0.2) is 6.61 Å². The van der Waals surface area contributed by atoms with Crippen LogP contribution in [0.15, 0.2) is 30.5 Å². The van der Waals surface area contributed by atoms with Crippen LogP contribution in [0.2, 0.25) is 0 Å². The van der Waals surface area contributed by atoms with E-state index in [1.807, 2.05) is 12.1 Å². The van der Waals surface area contributed by atoms with E-state index in [1.54, 1.807) is 19.2 Å². The predicted octanol–water partition coefficient (Wildman–Crippen LogP) is 5.86. The first kappa shape index (κ1) is 21.2. The molecule has 1 aromatic heterocycles. The molecule has 0 N–H and O–H groups in total. The molecular weight excluding hydrogens is 400 g/mol. The molecular formula is C19H19F6N3O. The summed E-state index contributed by atoms with van der Waals surface area (Å²) in [5.74, 6) is -1.02. The van der Waals surface area contributed by atoms with E-state index < -0.39 is 30.4 Å². The number of hydrogen-bond acceptors (Lipinski definition) is 4. The Hall–Kier alpha value is -2.52. The first-order valence-corrected chi connectivity index (χ1v) is 9.02. The normalized spacial score (nSPS) is 15.6. The number of nitrogens with zero attached hydrogens (tertiary/aromatic N) is 3. The minimum Gasteiger partial charge on any atom is -0.467 e. The summed E-state index contributed by atoms with van der Waals surface area (Å²) in [5.41, 5.74) is 0.248. The van der Waals surface area contributed by atoms with Crippen molar-refractivity contribution in [1.29, 1.82) is 0 Å². The summed E-state index contributed by atoms with van der Waals surface area (Å²) in [4.78, 5) is 8.85. The van der Waals surface area contributed by atoms with Gasteiger partial charge in [0, 0.05) is 18.9 Å². The minimum absolute atomic E-state index is 0.180. The summed E-state index contributed by atoms with van der Waals surface area (Å²) in [6.45, 7) is -1.88. The molecule has 1 aliphatic rings. The number of para-hydroxylation sites is 1. The molecule has 29 heavy (non-hydrogen) atoms. The lowest BCUT2D eigenvalue weighted by Crippen LogP contribution is -2.23. The summed E-state index contributed by atoms with van der Waals surface area (Å²) in [6, 6.07) is 7.36. The van der Waals surface area contributed by atoms with Crippen LogP contribution in [0.1, 0.15) is 42.7 Å². The Morgan fingerprint density at radius 1 is 1.07 bits per heavy atom. The van der Waals surface area contributed by atoms with Crippen LogP contribution in [-0.2, 0) is 6.18 Å². The Bertz CT molecular complexity index is 847. The molecule has 0 unspecified atom stereocenters. The third-order valence-electron chi connectivity index (χ3n) is 4.81. The number of halogens is 6. The third kappa shape index (κ3) is 5.10. The van der Waals surface area contributed by atoms with Crippen LogP contribution in [0.25, 0.3) is 0 Å². The van der Waals surface area contributed by atoms with E-state index in [4.69, 9.17) is 0 Å². The van der Waals surface area contributed by atoms with Crippen molar-refractivity contribution >= 4 is 11.6 Å². The van der Waals surface area contributed by atoms with Gasteiger partial charge in [-0.05, 0) is 30.4 Å². The molecule has 1 heterocycles. The topological polar surface area (TPSA) is 38.2 Å². The number of ether oxygens (including phenoxy) is 1. The fourth-order valence-electron chi connectivity index (χ4n) is 3.46. The average Bonchev–Trinajstić information content (AvgIpc) is 3.19. The number of benzene rings is 1. The van der Waals surface area contributed by atoms with Gasteiger partial charge in [-0.25, -0.2) is 4.98 Å². The van der Waals surface area contributed by atoms with Gasteiger partial charge in [0.1, 0.15) is 5.56 Å². The Morgan fingerprint density at radius 2 is 1.72 bits per heavy atom. The third-order valence-corrected chi connectivity index (χ3v) is 4.81. The zero-order valence-electron chi connectivity index (χ0n) is 15.5. The van der Waals surface area contributed by atoms with Crippen molar-refractivity contribution in [2.75, 3.05) is 18.6 Å². The van der Waals surface area contributed by atoms with Gasteiger partial charge in [-0.15, -0.1) is 0 Å². The van der Waals surface area contributed by atoms with Crippen molar-refractivity contribution < 1.29 is 31.1 Å². The molecule has 0 aliphatic heterocycles. The van der Waals surface area contributed by atoms with Crippen LogP contribution >= 0.6 is 0 Å². The summed E-state index contributed by atoms with van der Waals surface area (Å²) >= 11 is 0. The lowest BCUT2D eigenvalue weighted by molar-refractivity contribution is -0.159. The monoisotopic (exact) mass is 419 g/mol.